The second-order valence-electron chi connectivity index (χ2n) is 2.91. The number of aliphatic carboxylic acids is 1. The number of hydrogen-bond donors (Lipinski definition) is 2. The van der Waals surface area contributed by atoms with E-state index in [1.807, 2.05) is 0 Å². The molecule has 15 heavy (non-hydrogen) atoms. The number of nitrogens with one attached hydrogen (secondary N) is 1. The topological polar surface area (TPSA) is 97.1 Å². The first-order chi connectivity index (χ1) is 7.18. The van der Waals surface area contributed by atoms with E-state index in [2.05, 4.69) is 15.6 Å². The summed E-state index contributed by atoms with van der Waals surface area (Å²) < 4.78 is 1.58. The number of carbonyl (C=O) groups excluding carboxylic acids is 1. The van der Waals surface area contributed by atoms with Crippen molar-refractivity contribution in [3.63, 3.8) is 0 Å². The van der Waals surface area contributed by atoms with Crippen molar-refractivity contribution in [2.24, 2.45) is 0 Å². The van der Waals surface area contributed by atoms with E-state index in [0.717, 1.165) is 0 Å². The molecule has 0 radical (unpaired) electrons. The molecule has 1 rings (SSSR count). The van der Waals surface area contributed by atoms with Crippen molar-refractivity contribution >= 4 is 11.9 Å². The van der Waals surface area contributed by atoms with Crippen molar-refractivity contribution in [1.82, 2.24) is 20.3 Å². The summed E-state index contributed by atoms with van der Waals surface area (Å²) in [6.07, 6.45) is 3.09. The molecule has 0 saturated carbocycles. The minimum Gasteiger partial charge on any atom is -0.481 e. The minimum absolute atomic E-state index is 0.00664. The predicted molar refractivity (Wildman–Crippen MR) is 49.9 cm³/mol. The molecule has 1 amide bonds. The summed E-state index contributed by atoms with van der Waals surface area (Å²) >= 11 is 0. The smallest absolute Gasteiger partial charge is 0.303 e. The van der Waals surface area contributed by atoms with Crippen molar-refractivity contribution < 1.29 is 14.7 Å². The van der Waals surface area contributed by atoms with Crippen LogP contribution in [0.15, 0.2) is 12.4 Å². The minimum atomic E-state index is -0.971. The van der Waals surface area contributed by atoms with Crippen molar-refractivity contribution in [1.29, 1.82) is 0 Å². The van der Waals surface area contributed by atoms with Crippen LogP contribution in [0.25, 0.3) is 0 Å². The van der Waals surface area contributed by atoms with Gasteiger partial charge >= 0.3 is 5.97 Å². The zero-order valence-corrected chi connectivity index (χ0v) is 8.09. The SMILES string of the molecule is O=C(O)CCC(=O)NCCn1ccnn1. The highest BCUT2D eigenvalue weighted by Crippen LogP contribution is 1.88. The molecular formula is C8H12N4O3. The Hall–Kier alpha value is -1.92. The lowest BCUT2D eigenvalue weighted by Gasteiger charge is -2.03. The molecule has 0 aromatic carbocycles. The highest BCUT2D eigenvalue weighted by molar-refractivity contribution is 5.80. The lowest BCUT2D eigenvalue weighted by Crippen LogP contribution is -2.27. The van der Waals surface area contributed by atoms with Crippen molar-refractivity contribution in [2.45, 2.75) is 19.4 Å². The van der Waals surface area contributed by atoms with E-state index in [-0.39, 0.29) is 18.7 Å². The summed E-state index contributed by atoms with van der Waals surface area (Å²) in [5.41, 5.74) is 0. The summed E-state index contributed by atoms with van der Waals surface area (Å²) in [7, 11) is 0. The van der Waals surface area contributed by atoms with Gasteiger partial charge in [-0.2, -0.15) is 0 Å². The van der Waals surface area contributed by atoms with Gasteiger partial charge < -0.3 is 10.4 Å². The quantitative estimate of drug-likeness (QED) is 0.647. The maximum Gasteiger partial charge on any atom is 0.303 e. The van der Waals surface area contributed by atoms with Gasteiger partial charge in [-0.1, -0.05) is 5.21 Å². The molecular weight excluding hydrogens is 200 g/mol. The monoisotopic (exact) mass is 212 g/mol. The number of nitrogens with zero attached hydrogens (tertiary/aromatic N) is 3. The standard InChI is InChI=1S/C8H12N4O3/c13-7(1-2-8(14)15)9-3-5-12-6-4-10-11-12/h4,6H,1-3,5H2,(H,9,13)(H,14,15). The Morgan fingerprint density at radius 2 is 2.20 bits per heavy atom. The number of carboxylic acids is 1. The van der Waals surface area contributed by atoms with Gasteiger partial charge in [-0.15, -0.1) is 5.10 Å². The Balaban J connectivity index is 2.09. The van der Waals surface area contributed by atoms with Crippen molar-refractivity contribution in [2.75, 3.05) is 6.54 Å². The molecule has 0 saturated heterocycles. The Morgan fingerprint density at radius 3 is 2.80 bits per heavy atom. The maximum atomic E-state index is 11.1. The summed E-state index contributed by atoms with van der Waals surface area (Å²) in [5, 5.41) is 18.2. The average Bonchev–Trinajstić information content (AvgIpc) is 2.67. The van der Waals surface area contributed by atoms with Gasteiger partial charge in [0.15, 0.2) is 0 Å². The van der Waals surface area contributed by atoms with Gasteiger partial charge in [0.25, 0.3) is 0 Å². The summed E-state index contributed by atoms with van der Waals surface area (Å²) in [5.74, 6) is -1.24. The Morgan fingerprint density at radius 1 is 1.40 bits per heavy atom. The molecule has 1 heterocycles. The lowest BCUT2D eigenvalue weighted by molar-refractivity contribution is -0.138. The van der Waals surface area contributed by atoms with Crippen LogP contribution < -0.4 is 5.32 Å². The third kappa shape index (κ3) is 4.75. The van der Waals surface area contributed by atoms with Gasteiger partial charge in [0.1, 0.15) is 0 Å². The molecule has 1 aromatic rings. The zero-order valence-electron chi connectivity index (χ0n) is 8.09. The zero-order chi connectivity index (χ0) is 11.1. The Bertz CT molecular complexity index is 323. The van der Waals surface area contributed by atoms with Crippen LogP contribution in [0.5, 0.6) is 0 Å². The Kier molecular flexibility index (Phi) is 4.27. The third-order valence-electron chi connectivity index (χ3n) is 1.70. The second-order valence-corrected chi connectivity index (χ2v) is 2.91. The first-order valence-corrected chi connectivity index (χ1v) is 4.51. The number of amides is 1. The van der Waals surface area contributed by atoms with Crippen LogP contribution in [0.2, 0.25) is 0 Å². The molecule has 0 bridgehead atoms. The van der Waals surface area contributed by atoms with Crippen LogP contribution in [0, 0.1) is 0 Å². The summed E-state index contributed by atoms with van der Waals surface area (Å²) in [6, 6.07) is 0. The highest BCUT2D eigenvalue weighted by atomic mass is 16.4. The van der Waals surface area contributed by atoms with Crippen molar-refractivity contribution in [3.05, 3.63) is 12.4 Å². The largest absolute Gasteiger partial charge is 0.481 e. The predicted octanol–water partition coefficient (Wildman–Crippen LogP) is -0.741. The van der Waals surface area contributed by atoms with Crippen LogP contribution in [0.3, 0.4) is 0 Å². The van der Waals surface area contributed by atoms with E-state index in [1.54, 1.807) is 17.1 Å². The highest BCUT2D eigenvalue weighted by Gasteiger charge is 2.04. The number of aromatic nitrogens is 3. The molecule has 0 atom stereocenters. The van der Waals surface area contributed by atoms with E-state index in [1.165, 1.54) is 0 Å². The molecule has 7 nitrogen and oxygen atoms in total. The van der Waals surface area contributed by atoms with Crippen LogP contribution >= 0.6 is 0 Å². The molecule has 82 valence electrons. The van der Waals surface area contributed by atoms with Gasteiger partial charge in [0.2, 0.25) is 5.91 Å². The van der Waals surface area contributed by atoms with E-state index >= 15 is 0 Å². The fourth-order valence-electron chi connectivity index (χ4n) is 0.971. The van der Waals surface area contributed by atoms with Gasteiger partial charge in [-0.3, -0.25) is 14.3 Å². The Labute approximate surface area is 86.1 Å². The molecule has 0 fully saturated rings. The molecule has 7 heteroatoms. The molecule has 1 aromatic heterocycles. The lowest BCUT2D eigenvalue weighted by atomic mass is 10.3. The first kappa shape index (κ1) is 11.2. The van der Waals surface area contributed by atoms with Crippen LogP contribution in [-0.4, -0.2) is 38.5 Å². The molecule has 0 aliphatic carbocycles. The van der Waals surface area contributed by atoms with Crippen LogP contribution in [0.4, 0.5) is 0 Å². The maximum absolute atomic E-state index is 11.1. The van der Waals surface area contributed by atoms with E-state index in [0.29, 0.717) is 13.1 Å². The van der Waals surface area contributed by atoms with E-state index in [9.17, 15) is 9.59 Å². The number of carboxylic acid groups (broad SMARTS) is 1. The summed E-state index contributed by atoms with van der Waals surface area (Å²) in [4.78, 5) is 21.2. The molecule has 0 aliphatic rings. The fraction of sp³-hybridized carbons (Fsp3) is 0.500. The third-order valence-corrected chi connectivity index (χ3v) is 1.70. The summed E-state index contributed by atoms with van der Waals surface area (Å²) in [6.45, 7) is 0.945. The number of carbonyl (C=O) groups is 2. The van der Waals surface area contributed by atoms with Gasteiger partial charge in [-0.05, 0) is 0 Å². The van der Waals surface area contributed by atoms with Crippen LogP contribution in [0.1, 0.15) is 12.8 Å². The normalized spacial score (nSPS) is 9.87. The fourth-order valence-corrected chi connectivity index (χ4v) is 0.971. The number of hydrogen-bond acceptors (Lipinski definition) is 4. The van der Waals surface area contributed by atoms with Gasteiger partial charge in [0.05, 0.1) is 19.2 Å². The van der Waals surface area contributed by atoms with E-state index < -0.39 is 5.97 Å². The molecule has 0 unspecified atom stereocenters. The van der Waals surface area contributed by atoms with Gasteiger partial charge in [0, 0.05) is 19.2 Å². The van der Waals surface area contributed by atoms with E-state index in [4.69, 9.17) is 5.11 Å². The average molecular weight is 212 g/mol. The molecule has 0 aliphatic heterocycles. The van der Waals surface area contributed by atoms with Gasteiger partial charge in [-0.25, -0.2) is 0 Å². The van der Waals surface area contributed by atoms with Crippen molar-refractivity contribution in [3.8, 4) is 0 Å². The number of rotatable bonds is 6. The second kappa shape index (κ2) is 5.74. The van der Waals surface area contributed by atoms with Crippen LogP contribution in [-0.2, 0) is 16.1 Å². The molecule has 0 spiro atoms. The molecule has 2 N–H and O–H groups in total. The first-order valence-electron chi connectivity index (χ1n) is 4.51.